The van der Waals surface area contributed by atoms with Gasteiger partial charge >= 0.3 is 0 Å². The van der Waals surface area contributed by atoms with Gasteiger partial charge in [-0.25, -0.2) is 0 Å². The standard InChI is InChI=1S/C11H18ClNO/c1-9(12)8-13-11(14)10-6-4-2-3-5-7-10/h10H,1-8H2,(H,13,14). The van der Waals surface area contributed by atoms with E-state index < -0.39 is 0 Å². The van der Waals surface area contributed by atoms with Gasteiger partial charge in [-0.05, 0) is 12.8 Å². The van der Waals surface area contributed by atoms with E-state index in [2.05, 4.69) is 11.9 Å². The van der Waals surface area contributed by atoms with Crippen molar-refractivity contribution in [2.45, 2.75) is 38.5 Å². The van der Waals surface area contributed by atoms with Crippen molar-refractivity contribution in [3.05, 3.63) is 11.6 Å². The maximum Gasteiger partial charge on any atom is 0.223 e. The molecule has 0 aromatic heterocycles. The molecule has 1 amide bonds. The summed E-state index contributed by atoms with van der Waals surface area (Å²) in [6.07, 6.45) is 6.96. The molecule has 1 fully saturated rings. The van der Waals surface area contributed by atoms with Gasteiger partial charge in [0.05, 0.1) is 6.54 Å². The molecule has 0 radical (unpaired) electrons. The Labute approximate surface area is 90.7 Å². The third kappa shape index (κ3) is 4.14. The Morgan fingerprint density at radius 3 is 2.36 bits per heavy atom. The number of carbonyl (C=O) groups excluding carboxylic acids is 1. The maximum absolute atomic E-state index is 11.6. The topological polar surface area (TPSA) is 29.1 Å². The summed E-state index contributed by atoms with van der Waals surface area (Å²) in [5.41, 5.74) is 0. The third-order valence-electron chi connectivity index (χ3n) is 2.68. The highest BCUT2D eigenvalue weighted by Crippen LogP contribution is 2.22. The number of carbonyl (C=O) groups is 1. The molecule has 1 rings (SSSR count). The molecule has 0 aromatic carbocycles. The zero-order valence-corrected chi connectivity index (χ0v) is 9.28. The lowest BCUT2D eigenvalue weighted by Crippen LogP contribution is -2.31. The van der Waals surface area contributed by atoms with Crippen LogP contribution in [0.1, 0.15) is 38.5 Å². The molecule has 1 aliphatic rings. The first kappa shape index (κ1) is 11.6. The van der Waals surface area contributed by atoms with Crippen LogP contribution in [-0.2, 0) is 4.79 Å². The van der Waals surface area contributed by atoms with Crippen molar-refractivity contribution >= 4 is 17.5 Å². The van der Waals surface area contributed by atoms with Crippen LogP contribution in [0, 0.1) is 5.92 Å². The highest BCUT2D eigenvalue weighted by Gasteiger charge is 2.19. The molecule has 80 valence electrons. The van der Waals surface area contributed by atoms with Crippen LogP contribution in [0.15, 0.2) is 11.6 Å². The van der Waals surface area contributed by atoms with E-state index in [1.807, 2.05) is 0 Å². The van der Waals surface area contributed by atoms with Gasteiger partial charge in [0.25, 0.3) is 0 Å². The lowest BCUT2D eigenvalue weighted by Gasteiger charge is -2.13. The molecular formula is C11H18ClNO. The number of amides is 1. The van der Waals surface area contributed by atoms with E-state index in [1.54, 1.807) is 0 Å². The minimum atomic E-state index is 0.147. The first-order valence-corrected chi connectivity index (χ1v) is 5.69. The Hall–Kier alpha value is -0.500. The van der Waals surface area contributed by atoms with Crippen LogP contribution < -0.4 is 5.32 Å². The molecular weight excluding hydrogens is 198 g/mol. The molecule has 0 heterocycles. The van der Waals surface area contributed by atoms with Crippen LogP contribution >= 0.6 is 11.6 Å². The Morgan fingerprint density at radius 2 is 1.86 bits per heavy atom. The number of nitrogens with one attached hydrogen (secondary N) is 1. The molecule has 0 aliphatic heterocycles. The van der Waals surface area contributed by atoms with Crippen LogP contribution in [0.5, 0.6) is 0 Å². The van der Waals surface area contributed by atoms with Crippen LogP contribution in [0.2, 0.25) is 0 Å². The predicted molar refractivity (Wildman–Crippen MR) is 59.2 cm³/mol. The first-order chi connectivity index (χ1) is 6.70. The van der Waals surface area contributed by atoms with Gasteiger partial charge in [-0.1, -0.05) is 43.9 Å². The fourth-order valence-electron chi connectivity index (χ4n) is 1.87. The summed E-state index contributed by atoms with van der Waals surface area (Å²) < 4.78 is 0. The quantitative estimate of drug-likeness (QED) is 0.721. The molecule has 1 saturated carbocycles. The molecule has 0 unspecified atom stereocenters. The van der Waals surface area contributed by atoms with Crippen LogP contribution in [0.25, 0.3) is 0 Å². The van der Waals surface area contributed by atoms with E-state index in [9.17, 15) is 4.79 Å². The van der Waals surface area contributed by atoms with E-state index in [0.29, 0.717) is 11.6 Å². The third-order valence-corrected chi connectivity index (χ3v) is 2.81. The van der Waals surface area contributed by atoms with Gasteiger partial charge in [-0.15, -0.1) is 0 Å². The van der Waals surface area contributed by atoms with E-state index in [0.717, 1.165) is 12.8 Å². The summed E-state index contributed by atoms with van der Waals surface area (Å²) >= 11 is 5.58. The van der Waals surface area contributed by atoms with E-state index in [-0.39, 0.29) is 11.8 Å². The van der Waals surface area contributed by atoms with Crippen molar-refractivity contribution in [2.24, 2.45) is 5.92 Å². The summed E-state index contributed by atoms with van der Waals surface area (Å²) in [7, 11) is 0. The number of halogens is 1. The molecule has 0 atom stereocenters. The predicted octanol–water partition coefficient (Wildman–Crippen LogP) is 2.83. The minimum Gasteiger partial charge on any atom is -0.351 e. The van der Waals surface area contributed by atoms with Crippen molar-refractivity contribution in [1.29, 1.82) is 0 Å². The summed E-state index contributed by atoms with van der Waals surface area (Å²) in [6.45, 7) is 3.94. The molecule has 2 nitrogen and oxygen atoms in total. The average Bonchev–Trinajstić information content (AvgIpc) is 2.42. The highest BCUT2D eigenvalue weighted by atomic mass is 35.5. The Morgan fingerprint density at radius 1 is 1.29 bits per heavy atom. The van der Waals surface area contributed by atoms with E-state index >= 15 is 0 Å². The van der Waals surface area contributed by atoms with Crippen molar-refractivity contribution in [3.8, 4) is 0 Å². The summed E-state index contributed by atoms with van der Waals surface area (Å²) in [4.78, 5) is 11.6. The molecule has 1 aliphatic carbocycles. The van der Waals surface area contributed by atoms with Gasteiger partial charge in [0.2, 0.25) is 5.91 Å². The van der Waals surface area contributed by atoms with E-state index in [1.165, 1.54) is 25.7 Å². The fourth-order valence-corrected chi connectivity index (χ4v) is 1.94. The normalized spacial score (nSPS) is 18.6. The van der Waals surface area contributed by atoms with Crippen molar-refractivity contribution < 1.29 is 4.79 Å². The van der Waals surface area contributed by atoms with Crippen LogP contribution in [-0.4, -0.2) is 12.5 Å². The van der Waals surface area contributed by atoms with Crippen molar-refractivity contribution in [3.63, 3.8) is 0 Å². The van der Waals surface area contributed by atoms with Gasteiger partial charge < -0.3 is 5.32 Å². The number of hydrogen-bond donors (Lipinski definition) is 1. The first-order valence-electron chi connectivity index (χ1n) is 5.31. The smallest absolute Gasteiger partial charge is 0.223 e. The minimum absolute atomic E-state index is 0.147. The maximum atomic E-state index is 11.6. The Kier molecular flexibility index (Phi) is 5.02. The van der Waals surface area contributed by atoms with Crippen LogP contribution in [0.3, 0.4) is 0 Å². The highest BCUT2D eigenvalue weighted by molar-refractivity contribution is 6.29. The van der Waals surface area contributed by atoms with Crippen molar-refractivity contribution in [2.75, 3.05) is 6.54 Å². The second-order valence-corrected chi connectivity index (χ2v) is 4.46. The van der Waals surface area contributed by atoms with E-state index in [4.69, 9.17) is 11.6 Å². The molecule has 0 spiro atoms. The number of hydrogen-bond acceptors (Lipinski definition) is 1. The summed E-state index contributed by atoms with van der Waals surface area (Å²) in [5, 5.41) is 3.30. The number of rotatable bonds is 3. The molecule has 0 aromatic rings. The second-order valence-electron chi connectivity index (χ2n) is 3.92. The average molecular weight is 216 g/mol. The summed E-state index contributed by atoms with van der Waals surface area (Å²) in [5.74, 6) is 0.349. The summed E-state index contributed by atoms with van der Waals surface area (Å²) in [6, 6.07) is 0. The van der Waals surface area contributed by atoms with Gasteiger partial charge in [-0.3, -0.25) is 4.79 Å². The Balaban J connectivity index is 2.30. The van der Waals surface area contributed by atoms with Crippen LogP contribution in [0.4, 0.5) is 0 Å². The fraction of sp³-hybridized carbons (Fsp3) is 0.727. The zero-order valence-electron chi connectivity index (χ0n) is 8.52. The van der Waals surface area contributed by atoms with Gasteiger partial charge in [0, 0.05) is 11.0 Å². The molecule has 0 bridgehead atoms. The largest absolute Gasteiger partial charge is 0.351 e. The van der Waals surface area contributed by atoms with Gasteiger partial charge in [0.15, 0.2) is 0 Å². The molecule has 1 N–H and O–H groups in total. The second kappa shape index (κ2) is 6.07. The molecule has 0 saturated heterocycles. The van der Waals surface area contributed by atoms with Crippen molar-refractivity contribution in [1.82, 2.24) is 5.32 Å². The van der Waals surface area contributed by atoms with Gasteiger partial charge in [0.1, 0.15) is 0 Å². The lowest BCUT2D eigenvalue weighted by atomic mass is 9.99. The Bertz CT molecular complexity index is 207. The molecule has 14 heavy (non-hydrogen) atoms. The monoisotopic (exact) mass is 215 g/mol. The molecule has 3 heteroatoms. The van der Waals surface area contributed by atoms with Gasteiger partial charge in [-0.2, -0.15) is 0 Å². The zero-order chi connectivity index (χ0) is 10.4. The lowest BCUT2D eigenvalue weighted by molar-refractivity contribution is -0.125. The SMILES string of the molecule is C=C(Cl)CNC(=O)C1CCCCCC1.